The number of methoxy groups -OCH3 is 1. The van der Waals surface area contributed by atoms with Crippen LogP contribution in [0.4, 0.5) is 4.39 Å². The molecule has 1 aliphatic carbocycles. The summed E-state index contributed by atoms with van der Waals surface area (Å²) in [7, 11) is -2.49. The molecule has 2 aromatic rings. The smallest absolute Gasteiger partial charge is 0.316 e. The van der Waals surface area contributed by atoms with Crippen LogP contribution < -0.4 is 5.14 Å². The summed E-state index contributed by atoms with van der Waals surface area (Å²) >= 11 is 0. The Balaban J connectivity index is 2.05. The summed E-state index contributed by atoms with van der Waals surface area (Å²) in [6.07, 6.45) is 3.47. The fourth-order valence-corrected chi connectivity index (χ4v) is 3.33. The highest BCUT2D eigenvalue weighted by Crippen LogP contribution is 2.39. The molecule has 2 aromatic carbocycles. The van der Waals surface area contributed by atoms with Crippen molar-refractivity contribution in [1.29, 1.82) is 0 Å². The van der Waals surface area contributed by atoms with Crippen LogP contribution >= 0.6 is 0 Å². The molecule has 0 radical (unpaired) electrons. The lowest BCUT2D eigenvalue weighted by atomic mass is 9.95. The van der Waals surface area contributed by atoms with Crippen molar-refractivity contribution in [3.05, 3.63) is 77.6 Å². The first-order valence-electron chi connectivity index (χ1n) is 7.70. The van der Waals surface area contributed by atoms with Crippen LogP contribution in [0.1, 0.15) is 11.1 Å². The first kappa shape index (κ1) is 18.0. The number of allylic oxidation sites excluding steroid dienone is 2. The molecule has 1 atom stereocenters. The van der Waals surface area contributed by atoms with Crippen LogP contribution in [0.25, 0.3) is 11.1 Å². The Bertz CT molecular complexity index is 1010. The van der Waals surface area contributed by atoms with Crippen LogP contribution in [-0.4, -0.2) is 21.5 Å². The maximum atomic E-state index is 13.2. The van der Waals surface area contributed by atoms with Gasteiger partial charge in [0.15, 0.2) is 0 Å². The first-order chi connectivity index (χ1) is 12.3. The lowest BCUT2D eigenvalue weighted by molar-refractivity contribution is -0.142. The van der Waals surface area contributed by atoms with E-state index in [9.17, 15) is 17.6 Å². The summed E-state index contributed by atoms with van der Waals surface area (Å²) in [6, 6.07) is 11.9. The molecule has 0 saturated heterocycles. The molecule has 1 unspecified atom stereocenters. The fourth-order valence-electron chi connectivity index (χ4n) is 2.82. The summed E-state index contributed by atoms with van der Waals surface area (Å²) < 4.78 is 40.9. The molecular weight excluding hydrogens is 357 g/mol. The molecule has 3 rings (SSSR count). The van der Waals surface area contributed by atoms with Gasteiger partial charge in [-0.05, 0) is 46.5 Å². The Morgan fingerprint density at radius 2 is 1.42 bits per heavy atom. The SMILES string of the molecule is COC(=O)C1C=C(c2ccc(F)cc2)C(c2ccc(S(N)(=O)=O)cc2)=C1. The number of primary sulfonamides is 1. The minimum Gasteiger partial charge on any atom is -0.468 e. The minimum atomic E-state index is -3.79. The Kier molecular flexibility index (Phi) is 4.76. The van der Waals surface area contributed by atoms with E-state index in [1.165, 1.54) is 31.4 Å². The fraction of sp³-hybridized carbons (Fsp3) is 0.105. The number of sulfonamides is 1. The number of benzene rings is 2. The molecule has 0 bridgehead atoms. The van der Waals surface area contributed by atoms with Crippen molar-refractivity contribution >= 4 is 27.1 Å². The Labute approximate surface area is 150 Å². The van der Waals surface area contributed by atoms with Gasteiger partial charge in [-0.3, -0.25) is 4.79 Å². The van der Waals surface area contributed by atoms with Gasteiger partial charge in [0.05, 0.1) is 17.9 Å². The quantitative estimate of drug-likeness (QED) is 0.835. The van der Waals surface area contributed by atoms with Gasteiger partial charge in [0.2, 0.25) is 10.0 Å². The Hall–Kier alpha value is -2.77. The third kappa shape index (κ3) is 3.58. The van der Waals surface area contributed by atoms with Crippen molar-refractivity contribution in [3.8, 4) is 0 Å². The van der Waals surface area contributed by atoms with Crippen LogP contribution in [0.5, 0.6) is 0 Å². The largest absolute Gasteiger partial charge is 0.468 e. The van der Waals surface area contributed by atoms with E-state index in [0.29, 0.717) is 5.56 Å². The molecule has 5 nitrogen and oxygen atoms in total. The van der Waals surface area contributed by atoms with Crippen molar-refractivity contribution < 1.29 is 22.3 Å². The number of carbonyl (C=O) groups is 1. The van der Waals surface area contributed by atoms with Gasteiger partial charge in [-0.15, -0.1) is 0 Å². The summed E-state index contributed by atoms with van der Waals surface area (Å²) in [6.45, 7) is 0. The maximum absolute atomic E-state index is 13.2. The molecule has 26 heavy (non-hydrogen) atoms. The molecule has 1 aliphatic rings. The van der Waals surface area contributed by atoms with Gasteiger partial charge in [-0.2, -0.15) is 0 Å². The molecule has 0 spiro atoms. The molecule has 0 aliphatic heterocycles. The van der Waals surface area contributed by atoms with Crippen molar-refractivity contribution in [3.63, 3.8) is 0 Å². The molecule has 0 amide bonds. The summed E-state index contributed by atoms with van der Waals surface area (Å²) in [4.78, 5) is 11.9. The number of esters is 1. The van der Waals surface area contributed by atoms with Gasteiger partial charge in [0.1, 0.15) is 5.82 Å². The average molecular weight is 373 g/mol. The monoisotopic (exact) mass is 373 g/mol. The van der Waals surface area contributed by atoms with Gasteiger partial charge < -0.3 is 4.74 Å². The van der Waals surface area contributed by atoms with Gasteiger partial charge in [-0.1, -0.05) is 36.4 Å². The zero-order chi connectivity index (χ0) is 18.9. The lowest BCUT2D eigenvalue weighted by Crippen LogP contribution is -2.11. The van der Waals surface area contributed by atoms with Crippen molar-refractivity contribution in [2.75, 3.05) is 7.11 Å². The topological polar surface area (TPSA) is 86.5 Å². The van der Waals surface area contributed by atoms with Crippen LogP contribution in [0.3, 0.4) is 0 Å². The summed E-state index contributed by atoms with van der Waals surface area (Å²) in [5.74, 6) is -1.35. The highest BCUT2D eigenvalue weighted by molar-refractivity contribution is 7.89. The maximum Gasteiger partial charge on any atom is 0.316 e. The van der Waals surface area contributed by atoms with E-state index in [1.54, 1.807) is 36.4 Å². The Morgan fingerprint density at radius 1 is 0.962 bits per heavy atom. The van der Waals surface area contributed by atoms with Crippen LogP contribution in [0, 0.1) is 11.7 Å². The molecule has 0 fully saturated rings. The van der Waals surface area contributed by atoms with Crippen LogP contribution in [-0.2, 0) is 19.6 Å². The summed E-state index contributed by atoms with van der Waals surface area (Å²) in [5, 5.41) is 5.12. The highest BCUT2D eigenvalue weighted by atomic mass is 32.2. The average Bonchev–Trinajstić information content (AvgIpc) is 3.06. The second-order valence-corrected chi connectivity index (χ2v) is 7.35. The highest BCUT2D eigenvalue weighted by Gasteiger charge is 2.25. The van der Waals surface area contributed by atoms with E-state index >= 15 is 0 Å². The van der Waals surface area contributed by atoms with Crippen molar-refractivity contribution in [2.24, 2.45) is 11.1 Å². The Morgan fingerprint density at radius 3 is 1.85 bits per heavy atom. The predicted octanol–water partition coefficient (Wildman–Crippen LogP) is 2.74. The molecule has 0 heterocycles. The van der Waals surface area contributed by atoms with Crippen molar-refractivity contribution in [2.45, 2.75) is 4.90 Å². The van der Waals surface area contributed by atoms with E-state index in [2.05, 4.69) is 0 Å². The number of nitrogens with two attached hydrogens (primary N) is 1. The van der Waals surface area contributed by atoms with E-state index < -0.39 is 21.9 Å². The predicted molar refractivity (Wildman–Crippen MR) is 95.7 cm³/mol. The van der Waals surface area contributed by atoms with E-state index in [1.807, 2.05) is 0 Å². The molecular formula is C19H16FNO4S. The molecule has 0 saturated carbocycles. The van der Waals surface area contributed by atoms with Crippen molar-refractivity contribution in [1.82, 2.24) is 0 Å². The number of carbonyl (C=O) groups excluding carboxylic acids is 1. The van der Waals surface area contributed by atoms with Gasteiger partial charge in [-0.25, -0.2) is 17.9 Å². The molecule has 2 N–H and O–H groups in total. The minimum absolute atomic E-state index is 0.00308. The van der Waals surface area contributed by atoms with E-state index in [4.69, 9.17) is 9.88 Å². The van der Waals surface area contributed by atoms with E-state index in [-0.39, 0.29) is 10.7 Å². The number of rotatable bonds is 4. The second-order valence-electron chi connectivity index (χ2n) is 5.79. The van der Waals surface area contributed by atoms with E-state index in [0.717, 1.165) is 16.7 Å². The molecule has 134 valence electrons. The second kappa shape index (κ2) is 6.86. The zero-order valence-electron chi connectivity index (χ0n) is 13.8. The lowest BCUT2D eigenvalue weighted by Gasteiger charge is -2.10. The normalized spacial score (nSPS) is 16.8. The number of ether oxygens (including phenoxy) is 1. The number of halogens is 1. The zero-order valence-corrected chi connectivity index (χ0v) is 14.7. The third-order valence-corrected chi connectivity index (χ3v) is 5.03. The van der Waals surface area contributed by atoms with Crippen LogP contribution in [0.2, 0.25) is 0 Å². The van der Waals surface area contributed by atoms with Crippen LogP contribution in [0.15, 0.2) is 65.6 Å². The van der Waals surface area contributed by atoms with Gasteiger partial charge in [0.25, 0.3) is 0 Å². The number of hydrogen-bond acceptors (Lipinski definition) is 4. The molecule has 7 heteroatoms. The van der Waals surface area contributed by atoms with Gasteiger partial charge >= 0.3 is 5.97 Å². The number of hydrogen-bond donors (Lipinski definition) is 1. The molecule has 0 aromatic heterocycles. The third-order valence-electron chi connectivity index (χ3n) is 4.11. The summed E-state index contributed by atoms with van der Waals surface area (Å²) in [5.41, 5.74) is 2.91. The van der Waals surface area contributed by atoms with Gasteiger partial charge in [0, 0.05) is 0 Å². The first-order valence-corrected chi connectivity index (χ1v) is 9.25. The standard InChI is InChI=1S/C19H16FNO4S/c1-25-19(22)14-10-17(12-2-6-15(20)7-3-12)18(11-14)13-4-8-16(9-5-13)26(21,23)24/h2-11,14H,1H3,(H2,21,23,24).